The van der Waals surface area contributed by atoms with Crippen LogP contribution in [0.15, 0.2) is 12.1 Å². The van der Waals surface area contributed by atoms with Gasteiger partial charge >= 0.3 is 5.97 Å². The lowest BCUT2D eigenvalue weighted by Crippen LogP contribution is -2.17. The SMILES string of the molecule is CC1CCC(Nc2cc(C(=O)O)c([N+](=O)[O-])cc2F)C1. The van der Waals surface area contributed by atoms with Gasteiger partial charge in [-0.15, -0.1) is 0 Å². The first-order valence-electron chi connectivity index (χ1n) is 6.36. The molecule has 7 heteroatoms. The summed E-state index contributed by atoms with van der Waals surface area (Å²) in [6.07, 6.45) is 2.77. The fourth-order valence-corrected chi connectivity index (χ4v) is 2.55. The third kappa shape index (κ3) is 2.87. The molecular formula is C13H15FN2O4. The van der Waals surface area contributed by atoms with Crippen molar-refractivity contribution in [3.63, 3.8) is 0 Å². The second kappa shape index (κ2) is 5.44. The largest absolute Gasteiger partial charge is 0.477 e. The lowest BCUT2D eigenvalue weighted by molar-refractivity contribution is -0.385. The fraction of sp³-hybridized carbons (Fsp3) is 0.462. The summed E-state index contributed by atoms with van der Waals surface area (Å²) in [5.41, 5.74) is -1.24. The predicted molar refractivity (Wildman–Crippen MR) is 70.4 cm³/mol. The van der Waals surface area contributed by atoms with Crippen LogP contribution in [-0.2, 0) is 0 Å². The number of nitrogens with one attached hydrogen (secondary N) is 1. The predicted octanol–water partition coefficient (Wildman–Crippen LogP) is 3.03. The summed E-state index contributed by atoms with van der Waals surface area (Å²) in [7, 11) is 0. The molecule has 20 heavy (non-hydrogen) atoms. The zero-order valence-corrected chi connectivity index (χ0v) is 10.9. The number of hydrogen-bond acceptors (Lipinski definition) is 4. The van der Waals surface area contributed by atoms with Gasteiger partial charge in [0.25, 0.3) is 5.69 Å². The van der Waals surface area contributed by atoms with Gasteiger partial charge in [0.1, 0.15) is 5.56 Å². The summed E-state index contributed by atoms with van der Waals surface area (Å²) >= 11 is 0. The fourth-order valence-electron chi connectivity index (χ4n) is 2.55. The van der Waals surface area contributed by atoms with Crippen molar-refractivity contribution in [1.29, 1.82) is 0 Å². The van der Waals surface area contributed by atoms with Crippen molar-refractivity contribution in [1.82, 2.24) is 0 Å². The lowest BCUT2D eigenvalue weighted by atomic mass is 10.1. The van der Waals surface area contributed by atoms with Gasteiger partial charge in [-0.1, -0.05) is 6.92 Å². The van der Waals surface area contributed by atoms with Crippen LogP contribution >= 0.6 is 0 Å². The first-order valence-corrected chi connectivity index (χ1v) is 6.36. The third-order valence-corrected chi connectivity index (χ3v) is 3.57. The second-order valence-corrected chi connectivity index (χ2v) is 5.17. The van der Waals surface area contributed by atoms with E-state index in [9.17, 15) is 19.3 Å². The van der Waals surface area contributed by atoms with Gasteiger partial charge < -0.3 is 10.4 Å². The number of anilines is 1. The van der Waals surface area contributed by atoms with E-state index >= 15 is 0 Å². The molecule has 1 aromatic carbocycles. The summed E-state index contributed by atoms with van der Waals surface area (Å²) in [6.45, 7) is 2.09. The van der Waals surface area contributed by atoms with Crippen LogP contribution < -0.4 is 5.32 Å². The molecular weight excluding hydrogens is 267 g/mol. The van der Waals surface area contributed by atoms with E-state index in [0.29, 0.717) is 12.0 Å². The van der Waals surface area contributed by atoms with Crippen LogP contribution in [0.3, 0.4) is 0 Å². The van der Waals surface area contributed by atoms with Crippen molar-refractivity contribution in [2.24, 2.45) is 5.92 Å². The Balaban J connectivity index is 2.32. The molecule has 0 saturated heterocycles. The molecule has 0 spiro atoms. The maximum absolute atomic E-state index is 13.8. The molecule has 2 unspecified atom stereocenters. The first-order chi connectivity index (χ1) is 9.38. The molecule has 0 aromatic heterocycles. The standard InChI is InChI=1S/C13H15FN2O4/c1-7-2-3-8(4-7)15-11-5-9(13(17)18)12(16(19)20)6-10(11)14/h5-8,15H,2-4H2,1H3,(H,17,18). The van der Waals surface area contributed by atoms with Crippen molar-refractivity contribution in [2.75, 3.05) is 5.32 Å². The van der Waals surface area contributed by atoms with Gasteiger partial charge in [0.2, 0.25) is 0 Å². The summed E-state index contributed by atoms with van der Waals surface area (Å²) < 4.78 is 13.8. The number of carbonyl (C=O) groups is 1. The third-order valence-electron chi connectivity index (χ3n) is 3.57. The first kappa shape index (κ1) is 14.2. The van der Waals surface area contributed by atoms with Gasteiger partial charge in [0, 0.05) is 6.04 Å². The van der Waals surface area contributed by atoms with Crippen molar-refractivity contribution in [3.8, 4) is 0 Å². The molecule has 0 heterocycles. The maximum atomic E-state index is 13.8. The number of nitro groups is 1. The van der Waals surface area contributed by atoms with E-state index < -0.39 is 28.0 Å². The zero-order valence-electron chi connectivity index (χ0n) is 10.9. The number of rotatable bonds is 4. The molecule has 2 atom stereocenters. The summed E-state index contributed by atoms with van der Waals surface area (Å²) in [5, 5.41) is 22.7. The van der Waals surface area contributed by atoms with Crippen LogP contribution in [0.2, 0.25) is 0 Å². The topological polar surface area (TPSA) is 92.5 Å². The molecule has 6 nitrogen and oxygen atoms in total. The average molecular weight is 282 g/mol. The van der Waals surface area contributed by atoms with Gasteiger partial charge in [-0.25, -0.2) is 9.18 Å². The Kier molecular flexibility index (Phi) is 3.87. The van der Waals surface area contributed by atoms with E-state index in [1.807, 2.05) is 0 Å². The molecule has 0 bridgehead atoms. The van der Waals surface area contributed by atoms with E-state index in [2.05, 4.69) is 12.2 Å². The number of aromatic carboxylic acids is 1. The zero-order chi connectivity index (χ0) is 14.9. The van der Waals surface area contributed by atoms with E-state index in [-0.39, 0.29) is 11.7 Å². The van der Waals surface area contributed by atoms with Crippen molar-refractivity contribution in [3.05, 3.63) is 33.6 Å². The van der Waals surface area contributed by atoms with Gasteiger partial charge in [0.05, 0.1) is 16.7 Å². The van der Waals surface area contributed by atoms with Crippen molar-refractivity contribution >= 4 is 17.3 Å². The normalized spacial score (nSPS) is 21.7. The van der Waals surface area contributed by atoms with E-state index in [0.717, 1.165) is 25.3 Å². The molecule has 108 valence electrons. The van der Waals surface area contributed by atoms with Gasteiger partial charge in [-0.2, -0.15) is 0 Å². The monoisotopic (exact) mass is 282 g/mol. The highest BCUT2D eigenvalue weighted by atomic mass is 19.1. The second-order valence-electron chi connectivity index (χ2n) is 5.17. The Morgan fingerprint density at radius 1 is 1.50 bits per heavy atom. The summed E-state index contributed by atoms with van der Waals surface area (Å²) in [6, 6.07) is 1.73. The number of benzene rings is 1. The number of nitrogens with zero attached hydrogens (tertiary/aromatic N) is 1. The van der Waals surface area contributed by atoms with Crippen molar-refractivity contribution < 1.29 is 19.2 Å². The van der Waals surface area contributed by atoms with E-state index in [4.69, 9.17) is 5.11 Å². The Labute approximate surface area is 114 Å². The summed E-state index contributed by atoms with van der Waals surface area (Å²) in [5.74, 6) is -1.71. The minimum Gasteiger partial charge on any atom is -0.477 e. The highest BCUT2D eigenvalue weighted by Gasteiger charge is 2.26. The van der Waals surface area contributed by atoms with Crippen LogP contribution in [0, 0.1) is 21.8 Å². The van der Waals surface area contributed by atoms with Crippen molar-refractivity contribution in [2.45, 2.75) is 32.2 Å². The Bertz CT molecular complexity index is 562. The van der Waals surface area contributed by atoms with Crippen LogP contribution in [0.1, 0.15) is 36.5 Å². The van der Waals surface area contributed by atoms with Crippen LogP contribution in [0.5, 0.6) is 0 Å². The minimum atomic E-state index is -1.44. The minimum absolute atomic E-state index is 0.00657. The van der Waals surface area contributed by atoms with Gasteiger partial charge in [-0.05, 0) is 31.2 Å². The number of nitro benzene ring substituents is 1. The van der Waals surface area contributed by atoms with Crippen LogP contribution in [0.4, 0.5) is 15.8 Å². The quantitative estimate of drug-likeness (QED) is 0.654. The molecule has 2 rings (SSSR count). The smallest absolute Gasteiger partial charge is 0.342 e. The Hall–Kier alpha value is -2.18. The van der Waals surface area contributed by atoms with Crippen LogP contribution in [-0.4, -0.2) is 22.0 Å². The Morgan fingerprint density at radius 2 is 2.20 bits per heavy atom. The average Bonchev–Trinajstić information content (AvgIpc) is 2.76. The molecule has 1 aliphatic carbocycles. The molecule has 0 radical (unpaired) electrons. The molecule has 1 aliphatic rings. The molecule has 1 saturated carbocycles. The summed E-state index contributed by atoms with van der Waals surface area (Å²) in [4.78, 5) is 20.9. The lowest BCUT2D eigenvalue weighted by Gasteiger charge is -2.15. The highest BCUT2D eigenvalue weighted by molar-refractivity contribution is 5.93. The molecule has 1 aromatic rings. The van der Waals surface area contributed by atoms with Gasteiger partial charge in [-0.3, -0.25) is 10.1 Å². The molecule has 1 fully saturated rings. The van der Waals surface area contributed by atoms with E-state index in [1.165, 1.54) is 0 Å². The Morgan fingerprint density at radius 3 is 2.70 bits per heavy atom. The van der Waals surface area contributed by atoms with Crippen LogP contribution in [0.25, 0.3) is 0 Å². The number of halogens is 1. The number of carboxylic acids is 1. The molecule has 2 N–H and O–H groups in total. The number of hydrogen-bond donors (Lipinski definition) is 2. The maximum Gasteiger partial charge on any atom is 0.342 e. The highest BCUT2D eigenvalue weighted by Crippen LogP contribution is 2.31. The molecule has 0 amide bonds. The number of carboxylic acid groups (broad SMARTS) is 1. The van der Waals surface area contributed by atoms with E-state index in [1.54, 1.807) is 0 Å². The van der Waals surface area contributed by atoms with Gasteiger partial charge in [0.15, 0.2) is 5.82 Å². The molecule has 0 aliphatic heterocycles.